The molecule has 0 aliphatic rings. The molecule has 2 aromatic rings. The number of hydrogen-bond donors (Lipinski definition) is 1. The van der Waals surface area contributed by atoms with E-state index in [0.29, 0.717) is 0 Å². The van der Waals surface area contributed by atoms with Gasteiger partial charge in [0.2, 0.25) is 0 Å². The van der Waals surface area contributed by atoms with Gasteiger partial charge < -0.3 is 5.32 Å². The van der Waals surface area contributed by atoms with Crippen molar-refractivity contribution in [2.45, 2.75) is 13.1 Å². The van der Waals surface area contributed by atoms with Gasteiger partial charge in [-0.1, -0.05) is 39.7 Å². The molecule has 0 unspecified atom stereocenters. The molecule has 0 saturated carbocycles. The minimum absolute atomic E-state index is 0.737. The zero-order chi connectivity index (χ0) is 11.4. The van der Waals surface area contributed by atoms with Crippen molar-refractivity contribution < 1.29 is 0 Å². The average Bonchev–Trinajstić information content (AvgIpc) is 2.67. The van der Waals surface area contributed by atoms with E-state index >= 15 is 0 Å². The Labute approximate surface area is 112 Å². The van der Waals surface area contributed by atoms with Crippen molar-refractivity contribution in [2.75, 3.05) is 0 Å². The summed E-state index contributed by atoms with van der Waals surface area (Å²) >= 11 is 10.7. The summed E-state index contributed by atoms with van der Waals surface area (Å²) in [6.45, 7) is 1.60. The van der Waals surface area contributed by atoms with Crippen LogP contribution in [0, 0.1) is 0 Å². The van der Waals surface area contributed by atoms with Gasteiger partial charge in [0.15, 0.2) is 0 Å². The molecule has 0 bridgehead atoms. The molecule has 1 aromatic heterocycles. The Morgan fingerprint density at radius 1 is 1.25 bits per heavy atom. The van der Waals surface area contributed by atoms with Gasteiger partial charge in [0.1, 0.15) is 9.34 Å². The second kappa shape index (κ2) is 5.77. The molecule has 5 heteroatoms. The first-order valence-corrected chi connectivity index (χ1v) is 6.78. The van der Waals surface area contributed by atoms with E-state index in [2.05, 4.69) is 38.4 Å². The molecule has 0 spiro atoms. The quantitative estimate of drug-likeness (QED) is 0.926. The molecule has 2 nitrogen and oxygen atoms in total. The van der Waals surface area contributed by atoms with E-state index < -0.39 is 0 Å². The van der Waals surface area contributed by atoms with Crippen LogP contribution in [0.1, 0.15) is 10.6 Å². The van der Waals surface area contributed by atoms with Crippen molar-refractivity contribution in [2.24, 2.45) is 0 Å². The number of nitrogens with zero attached hydrogens (tertiary/aromatic N) is 1. The number of halogens is 2. The SMILES string of the molecule is Clc1cnc(CNCc2ccc(Br)cc2)s1. The van der Waals surface area contributed by atoms with Gasteiger partial charge in [-0.2, -0.15) is 0 Å². The highest BCUT2D eigenvalue weighted by atomic mass is 79.9. The number of benzene rings is 1. The van der Waals surface area contributed by atoms with E-state index in [1.54, 1.807) is 6.20 Å². The highest BCUT2D eigenvalue weighted by molar-refractivity contribution is 9.10. The maximum Gasteiger partial charge on any atom is 0.113 e. The number of thiazole rings is 1. The maximum atomic E-state index is 5.80. The van der Waals surface area contributed by atoms with E-state index in [1.807, 2.05) is 12.1 Å². The molecule has 1 N–H and O–H groups in total. The van der Waals surface area contributed by atoms with Crippen LogP contribution in [0.3, 0.4) is 0 Å². The fraction of sp³-hybridized carbons (Fsp3) is 0.182. The highest BCUT2D eigenvalue weighted by Crippen LogP contribution is 2.18. The molecule has 0 saturated heterocycles. The van der Waals surface area contributed by atoms with Crippen LogP contribution in [-0.4, -0.2) is 4.98 Å². The third-order valence-electron chi connectivity index (χ3n) is 2.04. The molecular weight excluding hydrogens is 308 g/mol. The lowest BCUT2D eigenvalue weighted by Gasteiger charge is -2.02. The van der Waals surface area contributed by atoms with Crippen molar-refractivity contribution >= 4 is 38.9 Å². The van der Waals surface area contributed by atoms with Crippen molar-refractivity contribution in [3.63, 3.8) is 0 Å². The van der Waals surface area contributed by atoms with E-state index in [0.717, 1.165) is 26.9 Å². The Hall–Kier alpha value is -0.420. The van der Waals surface area contributed by atoms with Crippen molar-refractivity contribution in [1.29, 1.82) is 0 Å². The minimum atomic E-state index is 0.737. The standard InChI is InChI=1S/C11H10BrClN2S/c12-9-3-1-8(2-4-9)5-14-7-11-15-6-10(13)16-11/h1-4,6,14H,5,7H2. The molecule has 0 amide bonds. The number of nitrogens with one attached hydrogen (secondary N) is 1. The van der Waals surface area contributed by atoms with Crippen molar-refractivity contribution in [3.8, 4) is 0 Å². The smallest absolute Gasteiger partial charge is 0.113 e. The first-order valence-electron chi connectivity index (χ1n) is 4.79. The van der Waals surface area contributed by atoms with Gasteiger partial charge >= 0.3 is 0 Å². The lowest BCUT2D eigenvalue weighted by molar-refractivity contribution is 0.690. The summed E-state index contributed by atoms with van der Waals surface area (Å²) in [5.41, 5.74) is 1.26. The Morgan fingerprint density at radius 3 is 2.62 bits per heavy atom. The maximum absolute atomic E-state index is 5.80. The third kappa shape index (κ3) is 3.56. The number of rotatable bonds is 4. The predicted octanol–water partition coefficient (Wildman–Crippen LogP) is 3.85. The number of aromatic nitrogens is 1. The normalized spacial score (nSPS) is 10.6. The molecule has 0 aliphatic heterocycles. The van der Waals surface area contributed by atoms with Gasteiger partial charge in [-0.05, 0) is 17.7 Å². The molecule has 0 aliphatic carbocycles. The second-order valence-electron chi connectivity index (χ2n) is 3.29. The minimum Gasteiger partial charge on any atom is -0.306 e. The van der Waals surface area contributed by atoms with E-state index in [-0.39, 0.29) is 0 Å². The van der Waals surface area contributed by atoms with Gasteiger partial charge in [0, 0.05) is 17.6 Å². The topological polar surface area (TPSA) is 24.9 Å². The monoisotopic (exact) mass is 316 g/mol. The van der Waals surface area contributed by atoms with Gasteiger partial charge in [-0.15, -0.1) is 11.3 Å². The predicted molar refractivity (Wildman–Crippen MR) is 71.8 cm³/mol. The molecule has 0 fully saturated rings. The molecule has 2 rings (SSSR count). The van der Waals surface area contributed by atoms with Gasteiger partial charge in [-0.25, -0.2) is 4.98 Å². The molecule has 0 radical (unpaired) electrons. The van der Waals surface area contributed by atoms with Gasteiger partial charge in [0.05, 0.1) is 6.20 Å². The Balaban J connectivity index is 1.82. The number of hydrogen-bond acceptors (Lipinski definition) is 3. The fourth-order valence-electron chi connectivity index (χ4n) is 1.29. The van der Waals surface area contributed by atoms with Crippen LogP contribution in [0.15, 0.2) is 34.9 Å². The van der Waals surface area contributed by atoms with E-state index in [1.165, 1.54) is 16.9 Å². The molecular formula is C11H10BrClN2S. The van der Waals surface area contributed by atoms with Crippen LogP contribution in [0.5, 0.6) is 0 Å². The van der Waals surface area contributed by atoms with Crippen LogP contribution < -0.4 is 5.32 Å². The van der Waals surface area contributed by atoms with Crippen LogP contribution in [0.2, 0.25) is 4.34 Å². The lowest BCUT2D eigenvalue weighted by atomic mass is 10.2. The fourth-order valence-corrected chi connectivity index (χ4v) is 2.48. The molecule has 1 heterocycles. The summed E-state index contributed by atoms with van der Waals surface area (Å²) in [5, 5.41) is 4.34. The zero-order valence-corrected chi connectivity index (χ0v) is 11.6. The molecule has 1 aromatic carbocycles. The van der Waals surface area contributed by atoms with Crippen LogP contribution in [-0.2, 0) is 13.1 Å². The molecule has 16 heavy (non-hydrogen) atoms. The second-order valence-corrected chi connectivity index (χ2v) is 5.95. The summed E-state index contributed by atoms with van der Waals surface area (Å²) in [6.07, 6.45) is 1.68. The highest BCUT2D eigenvalue weighted by Gasteiger charge is 1.99. The van der Waals surface area contributed by atoms with E-state index in [9.17, 15) is 0 Å². The van der Waals surface area contributed by atoms with E-state index in [4.69, 9.17) is 11.6 Å². The lowest BCUT2D eigenvalue weighted by Crippen LogP contribution is -2.12. The largest absolute Gasteiger partial charge is 0.306 e. The molecule has 0 atom stereocenters. The summed E-state index contributed by atoms with van der Waals surface area (Å²) in [7, 11) is 0. The first kappa shape index (κ1) is 12.0. The van der Waals surface area contributed by atoms with Gasteiger partial charge in [0.25, 0.3) is 0 Å². The summed E-state index contributed by atoms with van der Waals surface area (Å²) in [6, 6.07) is 8.26. The molecule has 84 valence electrons. The summed E-state index contributed by atoms with van der Waals surface area (Å²) in [5.74, 6) is 0. The van der Waals surface area contributed by atoms with Crippen LogP contribution in [0.4, 0.5) is 0 Å². The zero-order valence-electron chi connectivity index (χ0n) is 8.41. The van der Waals surface area contributed by atoms with Crippen LogP contribution >= 0.6 is 38.9 Å². The Kier molecular flexibility index (Phi) is 4.35. The van der Waals surface area contributed by atoms with Crippen molar-refractivity contribution in [1.82, 2.24) is 10.3 Å². The summed E-state index contributed by atoms with van der Waals surface area (Å²) in [4.78, 5) is 4.18. The van der Waals surface area contributed by atoms with Gasteiger partial charge in [-0.3, -0.25) is 0 Å². The summed E-state index contributed by atoms with van der Waals surface area (Å²) < 4.78 is 1.84. The third-order valence-corrected chi connectivity index (χ3v) is 3.69. The Bertz CT molecular complexity index is 455. The first-order chi connectivity index (χ1) is 7.74. The Morgan fingerprint density at radius 2 is 2.00 bits per heavy atom. The van der Waals surface area contributed by atoms with Crippen molar-refractivity contribution in [3.05, 3.63) is 49.8 Å². The van der Waals surface area contributed by atoms with Crippen LogP contribution in [0.25, 0.3) is 0 Å². The average molecular weight is 318 g/mol.